The number of benzene rings is 1. The second-order valence-electron chi connectivity index (χ2n) is 2.73. The maximum Gasteiger partial charge on any atom is 0.0997 e. The van der Waals surface area contributed by atoms with Gasteiger partial charge in [-0.2, -0.15) is 0 Å². The van der Waals surface area contributed by atoms with Crippen molar-refractivity contribution in [2.45, 2.75) is 13.3 Å². The molecule has 1 rings (SSSR count). The van der Waals surface area contributed by atoms with Crippen LogP contribution in [0.5, 0.6) is 0 Å². The summed E-state index contributed by atoms with van der Waals surface area (Å²) in [5, 5.41) is 0.743. The molecule has 0 atom stereocenters. The maximum absolute atomic E-state index is 5.75. The molecule has 0 radical (unpaired) electrons. The van der Waals surface area contributed by atoms with Crippen LogP contribution in [0, 0.1) is 11.8 Å². The average Bonchev–Trinajstić information content (AvgIpc) is 2.21. The van der Waals surface area contributed by atoms with Crippen molar-refractivity contribution in [1.29, 1.82) is 0 Å². The molecule has 0 saturated carbocycles. The normalized spacial score (nSPS) is 9.86. The van der Waals surface area contributed by atoms with E-state index in [1.807, 2.05) is 31.2 Å². The Labute approximate surface area is 89.8 Å². The summed E-state index contributed by atoms with van der Waals surface area (Å²) in [5.41, 5.74) is 1.05. The van der Waals surface area contributed by atoms with E-state index in [1.165, 1.54) is 0 Å². The van der Waals surface area contributed by atoms with Crippen molar-refractivity contribution in [2.75, 3.05) is 6.54 Å². The van der Waals surface area contributed by atoms with E-state index in [0.717, 1.165) is 17.0 Å². The van der Waals surface area contributed by atoms with Gasteiger partial charge in [0.15, 0.2) is 0 Å². The molecule has 0 aliphatic carbocycles. The molecule has 1 aromatic rings. The van der Waals surface area contributed by atoms with E-state index in [9.17, 15) is 0 Å². The molecule has 0 spiro atoms. The van der Waals surface area contributed by atoms with E-state index in [1.54, 1.807) is 6.21 Å². The van der Waals surface area contributed by atoms with Gasteiger partial charge < -0.3 is 0 Å². The molecule has 2 heteroatoms. The lowest BCUT2D eigenvalue weighted by molar-refractivity contribution is 1.25. The number of nitrogens with zero attached hydrogens (tertiary/aromatic N) is 1. The average molecular weight is 206 g/mol. The zero-order valence-electron chi connectivity index (χ0n) is 8.13. The van der Waals surface area contributed by atoms with Crippen molar-refractivity contribution >= 4 is 17.8 Å². The third-order valence-corrected chi connectivity index (χ3v) is 1.83. The molecule has 72 valence electrons. The first-order chi connectivity index (χ1) is 6.83. The Bertz CT molecular complexity index is 354. The molecular weight excluding hydrogens is 194 g/mol. The van der Waals surface area contributed by atoms with Gasteiger partial charge in [-0.1, -0.05) is 36.6 Å². The van der Waals surface area contributed by atoms with Crippen LogP contribution in [0.25, 0.3) is 0 Å². The predicted octanol–water partition coefficient (Wildman–Crippen LogP) is 3.17. The summed E-state index contributed by atoms with van der Waals surface area (Å²) in [6.07, 6.45) is 2.69. The number of hydrogen-bond acceptors (Lipinski definition) is 1. The van der Waals surface area contributed by atoms with Gasteiger partial charge in [-0.05, 0) is 17.7 Å². The van der Waals surface area contributed by atoms with Gasteiger partial charge in [0.25, 0.3) is 0 Å². The lowest BCUT2D eigenvalue weighted by Gasteiger charge is -1.91. The van der Waals surface area contributed by atoms with Crippen LogP contribution < -0.4 is 0 Å². The maximum atomic E-state index is 5.75. The molecule has 0 unspecified atom stereocenters. The number of halogens is 1. The van der Waals surface area contributed by atoms with E-state index in [4.69, 9.17) is 11.6 Å². The summed E-state index contributed by atoms with van der Waals surface area (Å²) in [4.78, 5) is 4.17. The zero-order valence-corrected chi connectivity index (χ0v) is 8.88. The quantitative estimate of drug-likeness (QED) is 0.520. The van der Waals surface area contributed by atoms with Crippen LogP contribution in [0.1, 0.15) is 18.9 Å². The first-order valence-corrected chi connectivity index (χ1v) is 4.92. The molecule has 14 heavy (non-hydrogen) atoms. The SMILES string of the molecule is CCC#CC/N=C/c1ccc(Cl)cc1. The number of aliphatic imine (C=N–C) groups is 1. The molecule has 0 bridgehead atoms. The van der Waals surface area contributed by atoms with E-state index < -0.39 is 0 Å². The summed E-state index contributed by atoms with van der Waals surface area (Å²) < 4.78 is 0. The zero-order chi connectivity index (χ0) is 10.2. The first-order valence-electron chi connectivity index (χ1n) is 4.54. The minimum Gasteiger partial charge on any atom is -0.280 e. The Balaban J connectivity index is 2.48. The van der Waals surface area contributed by atoms with Gasteiger partial charge in [-0.3, -0.25) is 4.99 Å². The van der Waals surface area contributed by atoms with Gasteiger partial charge in [-0.25, -0.2) is 0 Å². The third-order valence-electron chi connectivity index (χ3n) is 1.58. The van der Waals surface area contributed by atoms with Crippen LogP contribution in [-0.2, 0) is 0 Å². The molecule has 0 amide bonds. The molecule has 0 aromatic heterocycles. The van der Waals surface area contributed by atoms with Crippen LogP contribution in [-0.4, -0.2) is 12.8 Å². The van der Waals surface area contributed by atoms with Crippen LogP contribution in [0.2, 0.25) is 5.02 Å². The van der Waals surface area contributed by atoms with Gasteiger partial charge in [0.2, 0.25) is 0 Å². The fraction of sp³-hybridized carbons (Fsp3) is 0.250. The first kappa shape index (κ1) is 10.8. The highest BCUT2D eigenvalue weighted by Crippen LogP contribution is 2.07. The van der Waals surface area contributed by atoms with E-state index >= 15 is 0 Å². The third kappa shape index (κ3) is 4.11. The topological polar surface area (TPSA) is 12.4 Å². The molecular formula is C12H12ClN. The Morgan fingerprint density at radius 3 is 2.64 bits per heavy atom. The van der Waals surface area contributed by atoms with Crippen molar-refractivity contribution < 1.29 is 0 Å². The largest absolute Gasteiger partial charge is 0.280 e. The second-order valence-corrected chi connectivity index (χ2v) is 3.16. The summed E-state index contributed by atoms with van der Waals surface area (Å²) in [6, 6.07) is 7.55. The number of rotatable bonds is 2. The molecule has 1 aromatic carbocycles. The van der Waals surface area contributed by atoms with Crippen molar-refractivity contribution in [2.24, 2.45) is 4.99 Å². The lowest BCUT2D eigenvalue weighted by atomic mass is 10.2. The van der Waals surface area contributed by atoms with Crippen LogP contribution in [0.3, 0.4) is 0 Å². The van der Waals surface area contributed by atoms with E-state index in [-0.39, 0.29) is 0 Å². The minimum absolute atomic E-state index is 0.566. The van der Waals surface area contributed by atoms with Gasteiger partial charge in [0, 0.05) is 17.7 Å². The minimum atomic E-state index is 0.566. The van der Waals surface area contributed by atoms with E-state index in [2.05, 4.69) is 16.8 Å². The van der Waals surface area contributed by atoms with Gasteiger partial charge in [-0.15, -0.1) is 5.92 Å². The van der Waals surface area contributed by atoms with Gasteiger partial charge in [0.1, 0.15) is 0 Å². The van der Waals surface area contributed by atoms with Gasteiger partial charge in [0.05, 0.1) is 6.54 Å². The summed E-state index contributed by atoms with van der Waals surface area (Å²) in [6.45, 7) is 2.59. The van der Waals surface area contributed by atoms with Crippen LogP contribution >= 0.6 is 11.6 Å². The van der Waals surface area contributed by atoms with E-state index in [0.29, 0.717) is 6.54 Å². The fourth-order valence-corrected chi connectivity index (χ4v) is 1.05. The second kappa shape index (κ2) is 6.23. The van der Waals surface area contributed by atoms with Gasteiger partial charge >= 0.3 is 0 Å². The monoisotopic (exact) mass is 205 g/mol. The van der Waals surface area contributed by atoms with Crippen molar-refractivity contribution in [1.82, 2.24) is 0 Å². The highest BCUT2D eigenvalue weighted by molar-refractivity contribution is 6.30. The Hall–Kier alpha value is -1.26. The molecule has 1 nitrogen and oxygen atoms in total. The molecule has 0 N–H and O–H groups in total. The predicted molar refractivity (Wildman–Crippen MR) is 62.0 cm³/mol. The van der Waals surface area contributed by atoms with Crippen molar-refractivity contribution in [3.63, 3.8) is 0 Å². The molecule has 0 fully saturated rings. The molecule has 0 aliphatic heterocycles. The summed E-state index contributed by atoms with van der Waals surface area (Å²) in [5.74, 6) is 5.90. The highest BCUT2D eigenvalue weighted by Gasteiger charge is 1.86. The molecule has 0 saturated heterocycles. The summed E-state index contributed by atoms with van der Waals surface area (Å²) in [7, 11) is 0. The fourth-order valence-electron chi connectivity index (χ4n) is 0.926. The Kier molecular flexibility index (Phi) is 4.82. The molecule has 0 heterocycles. The Morgan fingerprint density at radius 1 is 1.29 bits per heavy atom. The summed E-state index contributed by atoms with van der Waals surface area (Å²) >= 11 is 5.75. The van der Waals surface area contributed by atoms with Crippen LogP contribution in [0.15, 0.2) is 29.3 Å². The highest BCUT2D eigenvalue weighted by atomic mass is 35.5. The van der Waals surface area contributed by atoms with Crippen molar-refractivity contribution in [3.8, 4) is 11.8 Å². The standard InChI is InChI=1S/C12H12ClN/c1-2-3-4-9-14-10-11-5-7-12(13)8-6-11/h5-8,10H,2,9H2,1H3/b14-10+. The lowest BCUT2D eigenvalue weighted by Crippen LogP contribution is -1.81. The van der Waals surface area contributed by atoms with Crippen molar-refractivity contribution in [3.05, 3.63) is 34.9 Å². The molecule has 0 aliphatic rings. The number of hydrogen-bond donors (Lipinski definition) is 0. The smallest absolute Gasteiger partial charge is 0.0997 e. The Morgan fingerprint density at radius 2 is 2.00 bits per heavy atom. The van der Waals surface area contributed by atoms with Crippen LogP contribution in [0.4, 0.5) is 0 Å².